The summed E-state index contributed by atoms with van der Waals surface area (Å²) in [6.45, 7) is 3.41. The maximum absolute atomic E-state index is 3.75. The lowest BCUT2D eigenvalue weighted by Gasteiger charge is -2.30. The van der Waals surface area contributed by atoms with Crippen LogP contribution in [-0.2, 0) is 0 Å². The molecular weight excluding hydrogens is 274 g/mol. The quantitative estimate of drug-likeness (QED) is 0.615. The average molecular weight is 297 g/mol. The summed E-state index contributed by atoms with van der Waals surface area (Å²) in [5.74, 6) is 1.83. The van der Waals surface area contributed by atoms with Gasteiger partial charge in [0.25, 0.3) is 0 Å². The smallest absolute Gasteiger partial charge is 0.0323 e. The summed E-state index contributed by atoms with van der Waals surface area (Å²) in [4.78, 5) is 1.36. The summed E-state index contributed by atoms with van der Waals surface area (Å²) in [7, 11) is 0. The van der Waals surface area contributed by atoms with Gasteiger partial charge < -0.3 is 5.32 Å². The van der Waals surface area contributed by atoms with E-state index in [0.717, 1.165) is 12.3 Å². The van der Waals surface area contributed by atoms with Crippen molar-refractivity contribution in [3.05, 3.63) is 65.7 Å². The number of fused-ring (bicyclic) bond motifs is 1. The minimum absolute atomic E-state index is 0.536. The van der Waals surface area contributed by atoms with Crippen molar-refractivity contribution < 1.29 is 0 Å². The molecule has 0 bridgehead atoms. The number of hydrogen-bond donors (Lipinski definition) is 1. The molecule has 2 aromatic carbocycles. The molecule has 0 fully saturated rings. The van der Waals surface area contributed by atoms with E-state index in [0.29, 0.717) is 12.0 Å². The Labute approximate surface area is 132 Å². The molecule has 21 heavy (non-hydrogen) atoms. The van der Waals surface area contributed by atoms with E-state index in [1.54, 1.807) is 0 Å². The van der Waals surface area contributed by atoms with Crippen LogP contribution in [0.25, 0.3) is 0 Å². The summed E-state index contributed by atoms with van der Waals surface area (Å²) in [5.41, 5.74) is 3.05. The normalized spacial score (nSPS) is 21.0. The standard InChI is InChI=1S/C19H23NS/c1-15-11-12-19(18-10-6-5-9-17(15)18)20-13-14-21-16-7-3-2-4-8-16/h2-10,15,19-20H,11-14H2,1H3. The van der Waals surface area contributed by atoms with Crippen molar-refractivity contribution in [1.29, 1.82) is 0 Å². The molecule has 110 valence electrons. The number of rotatable bonds is 5. The summed E-state index contributed by atoms with van der Waals surface area (Å²) >= 11 is 1.93. The molecule has 0 spiro atoms. The van der Waals surface area contributed by atoms with Crippen LogP contribution in [0, 0.1) is 0 Å². The van der Waals surface area contributed by atoms with E-state index in [-0.39, 0.29) is 0 Å². The number of nitrogens with one attached hydrogen (secondary N) is 1. The summed E-state index contributed by atoms with van der Waals surface area (Å²) < 4.78 is 0. The number of thioether (sulfide) groups is 1. The summed E-state index contributed by atoms with van der Waals surface area (Å²) in [6.07, 6.45) is 2.55. The largest absolute Gasteiger partial charge is 0.309 e. The fraction of sp³-hybridized carbons (Fsp3) is 0.368. The Morgan fingerprint density at radius 3 is 2.48 bits per heavy atom. The van der Waals surface area contributed by atoms with Crippen molar-refractivity contribution in [2.24, 2.45) is 0 Å². The van der Waals surface area contributed by atoms with Crippen molar-refractivity contribution in [2.45, 2.75) is 36.6 Å². The van der Waals surface area contributed by atoms with Gasteiger partial charge in [0.05, 0.1) is 0 Å². The van der Waals surface area contributed by atoms with E-state index < -0.39 is 0 Å². The van der Waals surface area contributed by atoms with Gasteiger partial charge >= 0.3 is 0 Å². The fourth-order valence-corrected chi connectivity index (χ4v) is 3.94. The Hall–Kier alpha value is -1.25. The fourth-order valence-electron chi connectivity index (χ4n) is 3.14. The molecule has 0 amide bonds. The first-order valence-corrected chi connectivity index (χ1v) is 8.83. The second-order valence-corrected chi connectivity index (χ2v) is 6.94. The van der Waals surface area contributed by atoms with Crippen LogP contribution in [0.2, 0.25) is 0 Å². The Morgan fingerprint density at radius 1 is 0.952 bits per heavy atom. The Kier molecular flexibility index (Phi) is 5.00. The SMILES string of the molecule is CC1CCC(NCCSc2ccccc2)c2ccccc21. The van der Waals surface area contributed by atoms with Crippen LogP contribution in [0.4, 0.5) is 0 Å². The lowest BCUT2D eigenvalue weighted by Crippen LogP contribution is -2.27. The van der Waals surface area contributed by atoms with Gasteiger partial charge in [0.15, 0.2) is 0 Å². The molecule has 1 N–H and O–H groups in total. The summed E-state index contributed by atoms with van der Waals surface area (Å²) in [5, 5.41) is 3.75. The van der Waals surface area contributed by atoms with Crippen molar-refractivity contribution >= 4 is 11.8 Å². The first-order chi connectivity index (χ1) is 10.3. The Balaban J connectivity index is 1.53. The molecular formula is C19H23NS. The highest BCUT2D eigenvalue weighted by Crippen LogP contribution is 2.36. The second kappa shape index (κ2) is 7.15. The Bertz CT molecular complexity index is 567. The van der Waals surface area contributed by atoms with Crippen molar-refractivity contribution in [3.63, 3.8) is 0 Å². The van der Waals surface area contributed by atoms with E-state index in [9.17, 15) is 0 Å². The molecule has 2 atom stereocenters. The van der Waals surface area contributed by atoms with E-state index >= 15 is 0 Å². The molecule has 1 nitrogen and oxygen atoms in total. The first-order valence-electron chi connectivity index (χ1n) is 7.84. The molecule has 3 rings (SSSR count). The summed E-state index contributed by atoms with van der Waals surface area (Å²) in [6, 6.07) is 20.1. The van der Waals surface area contributed by atoms with Crippen molar-refractivity contribution in [1.82, 2.24) is 5.32 Å². The second-order valence-electron chi connectivity index (χ2n) is 5.78. The van der Waals surface area contributed by atoms with Gasteiger partial charge in [-0.25, -0.2) is 0 Å². The van der Waals surface area contributed by atoms with Gasteiger partial charge in [-0.1, -0.05) is 49.4 Å². The molecule has 0 radical (unpaired) electrons. The number of hydrogen-bond acceptors (Lipinski definition) is 2. The highest BCUT2D eigenvalue weighted by Gasteiger charge is 2.23. The molecule has 0 heterocycles. The van der Waals surface area contributed by atoms with Crippen molar-refractivity contribution in [3.8, 4) is 0 Å². The molecule has 0 saturated heterocycles. The van der Waals surface area contributed by atoms with Gasteiger partial charge in [0.2, 0.25) is 0 Å². The maximum Gasteiger partial charge on any atom is 0.0323 e. The van der Waals surface area contributed by atoms with E-state index in [1.807, 2.05) is 11.8 Å². The zero-order chi connectivity index (χ0) is 14.5. The Morgan fingerprint density at radius 2 is 1.67 bits per heavy atom. The van der Waals surface area contributed by atoms with Crippen LogP contribution in [0.3, 0.4) is 0 Å². The third-order valence-corrected chi connectivity index (χ3v) is 5.31. The van der Waals surface area contributed by atoms with Crippen LogP contribution in [-0.4, -0.2) is 12.3 Å². The lowest BCUT2D eigenvalue weighted by molar-refractivity contribution is 0.442. The van der Waals surface area contributed by atoms with Crippen LogP contribution in [0.15, 0.2) is 59.5 Å². The predicted molar refractivity (Wildman–Crippen MR) is 92.0 cm³/mol. The van der Waals surface area contributed by atoms with Gasteiger partial charge in [0.1, 0.15) is 0 Å². The van der Waals surface area contributed by atoms with E-state index in [4.69, 9.17) is 0 Å². The lowest BCUT2D eigenvalue weighted by atomic mass is 9.81. The minimum Gasteiger partial charge on any atom is -0.309 e. The van der Waals surface area contributed by atoms with E-state index in [2.05, 4.69) is 66.8 Å². The highest BCUT2D eigenvalue weighted by molar-refractivity contribution is 7.99. The number of benzene rings is 2. The third kappa shape index (κ3) is 3.69. The monoisotopic (exact) mass is 297 g/mol. The van der Waals surface area contributed by atoms with Crippen LogP contribution in [0.5, 0.6) is 0 Å². The molecule has 2 heteroatoms. The molecule has 2 aromatic rings. The zero-order valence-corrected chi connectivity index (χ0v) is 13.4. The molecule has 1 aliphatic rings. The van der Waals surface area contributed by atoms with Gasteiger partial charge in [-0.05, 0) is 42.0 Å². The highest BCUT2D eigenvalue weighted by atomic mass is 32.2. The topological polar surface area (TPSA) is 12.0 Å². The van der Waals surface area contributed by atoms with Crippen molar-refractivity contribution in [2.75, 3.05) is 12.3 Å². The molecule has 0 saturated carbocycles. The molecule has 1 aliphatic carbocycles. The zero-order valence-electron chi connectivity index (χ0n) is 12.6. The first kappa shape index (κ1) is 14.7. The maximum atomic E-state index is 3.75. The molecule has 2 unspecified atom stereocenters. The van der Waals surface area contributed by atoms with Crippen LogP contribution in [0.1, 0.15) is 42.9 Å². The van der Waals surface area contributed by atoms with Gasteiger partial charge in [-0.15, -0.1) is 11.8 Å². The minimum atomic E-state index is 0.536. The predicted octanol–water partition coefficient (Wildman–Crippen LogP) is 5.01. The van der Waals surface area contributed by atoms with Gasteiger partial charge in [-0.2, -0.15) is 0 Å². The van der Waals surface area contributed by atoms with Crippen LogP contribution >= 0.6 is 11.8 Å². The molecule has 0 aliphatic heterocycles. The average Bonchev–Trinajstić information content (AvgIpc) is 2.55. The molecule has 0 aromatic heterocycles. The van der Waals surface area contributed by atoms with E-state index in [1.165, 1.54) is 28.9 Å². The van der Waals surface area contributed by atoms with Gasteiger partial charge in [-0.3, -0.25) is 0 Å². The van der Waals surface area contributed by atoms with Gasteiger partial charge in [0, 0.05) is 23.2 Å². The van der Waals surface area contributed by atoms with Crippen LogP contribution < -0.4 is 5.32 Å². The third-order valence-electron chi connectivity index (χ3n) is 4.30.